The number of aromatic nitrogens is 4. The molecular weight excluding hydrogens is 507 g/mol. The highest BCUT2D eigenvalue weighted by molar-refractivity contribution is 5.91. The molecule has 1 saturated heterocycles. The molecule has 0 bridgehead atoms. The van der Waals surface area contributed by atoms with Crippen LogP contribution < -0.4 is 5.32 Å². The second-order valence-corrected chi connectivity index (χ2v) is 11.0. The molecule has 5 rings (SSSR count). The third-order valence-electron chi connectivity index (χ3n) is 7.97. The Morgan fingerprint density at radius 1 is 1.05 bits per heavy atom. The zero-order valence-electron chi connectivity index (χ0n) is 22.7. The normalized spacial score (nSPS) is 22.3. The SMILES string of the molecule is CCC[C@H](Nc1ncc2c(-c3ccc(CN4CCN(C)CC4)cc3)nn([C@H]3CC[C@H](O)CC3)c2n1)C(F)(F)F. The number of alkyl halides is 3. The van der Waals surface area contributed by atoms with Gasteiger partial charge in [0.2, 0.25) is 5.95 Å². The summed E-state index contributed by atoms with van der Waals surface area (Å²) in [5.41, 5.74) is 3.38. The lowest BCUT2D eigenvalue weighted by atomic mass is 9.93. The second kappa shape index (κ2) is 11.8. The molecule has 1 aliphatic heterocycles. The predicted octanol–water partition coefficient (Wildman–Crippen LogP) is 4.86. The first-order valence-corrected chi connectivity index (χ1v) is 14.0. The Morgan fingerprint density at radius 2 is 1.74 bits per heavy atom. The van der Waals surface area contributed by atoms with Crippen LogP contribution in [0.1, 0.15) is 57.1 Å². The van der Waals surface area contributed by atoms with Crippen molar-refractivity contribution in [3.8, 4) is 11.3 Å². The quantitative estimate of drug-likeness (QED) is 0.418. The van der Waals surface area contributed by atoms with Gasteiger partial charge in [0, 0.05) is 44.5 Å². The fraction of sp³-hybridized carbons (Fsp3) is 0.607. The molecule has 1 saturated carbocycles. The van der Waals surface area contributed by atoms with Crippen LogP contribution in [0.2, 0.25) is 0 Å². The third kappa shape index (κ3) is 6.53. The number of nitrogens with one attached hydrogen (secondary N) is 1. The van der Waals surface area contributed by atoms with E-state index in [4.69, 9.17) is 5.10 Å². The molecule has 0 radical (unpaired) electrons. The van der Waals surface area contributed by atoms with Crippen molar-refractivity contribution in [2.45, 2.75) is 76.4 Å². The molecular formula is C28H38F3N7O. The van der Waals surface area contributed by atoms with E-state index in [9.17, 15) is 18.3 Å². The zero-order valence-corrected chi connectivity index (χ0v) is 22.7. The van der Waals surface area contributed by atoms with Crippen LogP contribution in [0.4, 0.5) is 19.1 Å². The number of hydrogen-bond acceptors (Lipinski definition) is 7. The van der Waals surface area contributed by atoms with Crippen molar-refractivity contribution in [1.29, 1.82) is 0 Å². The average molecular weight is 546 g/mol. The predicted molar refractivity (Wildman–Crippen MR) is 145 cm³/mol. The van der Waals surface area contributed by atoms with E-state index >= 15 is 0 Å². The van der Waals surface area contributed by atoms with Crippen LogP contribution in [0.3, 0.4) is 0 Å². The van der Waals surface area contributed by atoms with E-state index in [2.05, 4.69) is 56.4 Å². The molecule has 1 atom stereocenters. The monoisotopic (exact) mass is 545 g/mol. The van der Waals surface area contributed by atoms with E-state index in [1.807, 2.05) is 4.68 Å². The molecule has 3 aromatic rings. The van der Waals surface area contributed by atoms with Gasteiger partial charge in [-0.25, -0.2) is 9.67 Å². The Morgan fingerprint density at radius 3 is 2.38 bits per heavy atom. The van der Waals surface area contributed by atoms with Crippen molar-refractivity contribution in [3.63, 3.8) is 0 Å². The summed E-state index contributed by atoms with van der Waals surface area (Å²) in [7, 11) is 2.15. The maximum absolute atomic E-state index is 13.6. The van der Waals surface area contributed by atoms with Gasteiger partial charge in [-0.1, -0.05) is 37.6 Å². The number of aliphatic hydroxyl groups excluding tert-OH is 1. The first-order chi connectivity index (χ1) is 18.7. The summed E-state index contributed by atoms with van der Waals surface area (Å²) >= 11 is 0. The molecule has 1 aliphatic carbocycles. The van der Waals surface area contributed by atoms with Crippen LogP contribution in [-0.2, 0) is 6.54 Å². The van der Waals surface area contributed by atoms with Gasteiger partial charge in [0.1, 0.15) is 11.7 Å². The van der Waals surface area contributed by atoms with Crippen molar-refractivity contribution in [3.05, 3.63) is 36.0 Å². The van der Waals surface area contributed by atoms with Crippen LogP contribution in [0.15, 0.2) is 30.5 Å². The summed E-state index contributed by atoms with van der Waals surface area (Å²) in [5, 5.41) is 18.2. The maximum Gasteiger partial charge on any atom is 0.408 e. The Labute approximate surface area is 227 Å². The average Bonchev–Trinajstić information content (AvgIpc) is 3.29. The number of piperazine rings is 1. The smallest absolute Gasteiger partial charge is 0.393 e. The summed E-state index contributed by atoms with van der Waals surface area (Å²) in [4.78, 5) is 13.6. The lowest BCUT2D eigenvalue weighted by molar-refractivity contribution is -0.143. The molecule has 8 nitrogen and oxygen atoms in total. The molecule has 11 heteroatoms. The Hall–Kier alpha value is -2.76. The number of fused-ring (bicyclic) bond motifs is 1. The topological polar surface area (TPSA) is 82.3 Å². The number of likely N-dealkylation sites (N-methyl/N-ethyl adjacent to an activating group) is 1. The molecule has 3 heterocycles. The molecule has 0 unspecified atom stereocenters. The van der Waals surface area contributed by atoms with Crippen molar-refractivity contribution in [2.24, 2.45) is 0 Å². The molecule has 212 valence electrons. The number of rotatable bonds is 8. The van der Waals surface area contributed by atoms with E-state index < -0.39 is 12.2 Å². The van der Waals surface area contributed by atoms with E-state index in [1.54, 1.807) is 13.1 Å². The Kier molecular flexibility index (Phi) is 8.39. The first-order valence-electron chi connectivity index (χ1n) is 14.0. The largest absolute Gasteiger partial charge is 0.408 e. The fourth-order valence-corrected chi connectivity index (χ4v) is 5.56. The van der Waals surface area contributed by atoms with Gasteiger partial charge in [-0.3, -0.25) is 4.90 Å². The van der Waals surface area contributed by atoms with E-state index in [1.165, 1.54) is 5.56 Å². The van der Waals surface area contributed by atoms with Gasteiger partial charge >= 0.3 is 6.18 Å². The molecule has 0 amide bonds. The molecule has 1 aromatic carbocycles. The Balaban J connectivity index is 1.45. The Bertz CT molecular complexity index is 1230. The lowest BCUT2D eigenvalue weighted by Gasteiger charge is -2.32. The number of benzene rings is 1. The highest BCUT2D eigenvalue weighted by atomic mass is 19.4. The van der Waals surface area contributed by atoms with Crippen LogP contribution in [0, 0.1) is 0 Å². The maximum atomic E-state index is 13.6. The summed E-state index contributed by atoms with van der Waals surface area (Å²) in [5.74, 6) is -0.0515. The molecule has 0 spiro atoms. The lowest BCUT2D eigenvalue weighted by Crippen LogP contribution is -2.43. The summed E-state index contributed by atoms with van der Waals surface area (Å²) in [6, 6.07) is 6.63. The fourth-order valence-electron chi connectivity index (χ4n) is 5.56. The van der Waals surface area contributed by atoms with Gasteiger partial charge in [-0.2, -0.15) is 23.3 Å². The standard InChI is InChI=1S/C28H38F3N7O/c1-3-4-24(28(29,30)31)33-27-32-17-23-25(35-38(26(23)34-27)21-9-11-22(39)12-10-21)20-7-5-19(6-8-20)18-37-15-13-36(2)14-16-37/h5-8,17,21-22,24,39H,3-4,9-16,18H2,1-2H3,(H,32,33,34)/t21-,22-,24-/m0/s1. The molecule has 2 aliphatic rings. The van der Waals surface area contributed by atoms with E-state index in [-0.39, 0.29) is 24.5 Å². The minimum absolute atomic E-state index is 0.0120. The summed E-state index contributed by atoms with van der Waals surface area (Å²) in [6.45, 7) is 6.84. The van der Waals surface area contributed by atoms with Crippen molar-refractivity contribution >= 4 is 17.0 Å². The second-order valence-electron chi connectivity index (χ2n) is 11.0. The first kappa shape index (κ1) is 27.8. The van der Waals surface area contributed by atoms with Crippen molar-refractivity contribution in [2.75, 3.05) is 38.5 Å². The molecule has 2 aromatic heterocycles. The highest BCUT2D eigenvalue weighted by Gasteiger charge is 2.39. The van der Waals surface area contributed by atoms with Gasteiger partial charge in [0.15, 0.2) is 5.65 Å². The van der Waals surface area contributed by atoms with Crippen LogP contribution in [-0.4, -0.2) is 86.2 Å². The van der Waals surface area contributed by atoms with Gasteiger partial charge in [0.05, 0.1) is 17.5 Å². The minimum atomic E-state index is -4.40. The minimum Gasteiger partial charge on any atom is -0.393 e. The van der Waals surface area contributed by atoms with Gasteiger partial charge < -0.3 is 15.3 Å². The third-order valence-corrected chi connectivity index (χ3v) is 7.97. The molecule has 2 N–H and O–H groups in total. The highest BCUT2D eigenvalue weighted by Crippen LogP contribution is 2.35. The van der Waals surface area contributed by atoms with Crippen molar-refractivity contribution in [1.82, 2.24) is 29.5 Å². The van der Waals surface area contributed by atoms with Crippen LogP contribution in [0.5, 0.6) is 0 Å². The molecule has 2 fully saturated rings. The van der Waals surface area contributed by atoms with Crippen LogP contribution >= 0.6 is 0 Å². The van der Waals surface area contributed by atoms with Crippen molar-refractivity contribution < 1.29 is 18.3 Å². The van der Waals surface area contributed by atoms with E-state index in [0.29, 0.717) is 30.3 Å². The number of aliphatic hydroxyl groups is 1. The number of halogens is 3. The van der Waals surface area contributed by atoms with Crippen LogP contribution in [0.25, 0.3) is 22.3 Å². The number of anilines is 1. The number of nitrogens with zero attached hydrogens (tertiary/aromatic N) is 6. The van der Waals surface area contributed by atoms with Gasteiger partial charge in [-0.15, -0.1) is 0 Å². The summed E-state index contributed by atoms with van der Waals surface area (Å²) < 4.78 is 42.6. The number of hydrogen-bond donors (Lipinski definition) is 2. The molecule has 39 heavy (non-hydrogen) atoms. The van der Waals surface area contributed by atoms with Gasteiger partial charge in [0.25, 0.3) is 0 Å². The summed E-state index contributed by atoms with van der Waals surface area (Å²) in [6.07, 6.45) is -0.0406. The zero-order chi connectivity index (χ0) is 27.6. The van der Waals surface area contributed by atoms with Gasteiger partial charge in [-0.05, 0) is 44.7 Å². The van der Waals surface area contributed by atoms with E-state index in [0.717, 1.165) is 56.8 Å².